The lowest BCUT2D eigenvalue weighted by Gasteiger charge is -2.15. The van der Waals surface area contributed by atoms with Gasteiger partial charge in [0.2, 0.25) is 5.91 Å². The summed E-state index contributed by atoms with van der Waals surface area (Å²) >= 11 is 0. The van der Waals surface area contributed by atoms with Crippen LogP contribution in [0.25, 0.3) is 0 Å². The van der Waals surface area contributed by atoms with Crippen LogP contribution >= 0.6 is 0 Å². The number of unbranched alkanes of at least 4 members (excludes halogenated alkanes) is 3. The molecule has 0 aromatic rings. The molecule has 84 valence electrons. The highest BCUT2D eigenvalue weighted by molar-refractivity contribution is 5.78. The lowest BCUT2D eigenvalue weighted by Crippen LogP contribution is -2.38. The third-order valence-electron chi connectivity index (χ3n) is 2.53. The lowest BCUT2D eigenvalue weighted by molar-refractivity contribution is -0.124. The van der Waals surface area contributed by atoms with Crippen LogP contribution in [0.1, 0.15) is 46.5 Å². The molecular weight excluding hydrogens is 176 g/mol. The molecule has 0 aliphatic carbocycles. The Kier molecular flexibility index (Phi) is 7.48. The molecule has 0 radical (unpaired) electrons. The molecule has 3 N–H and O–H groups in total. The van der Waals surface area contributed by atoms with E-state index in [0.29, 0.717) is 0 Å². The second-order valence-electron chi connectivity index (χ2n) is 4.00. The normalized spacial score (nSPS) is 14.9. The van der Waals surface area contributed by atoms with Crippen LogP contribution < -0.4 is 11.1 Å². The zero-order valence-corrected chi connectivity index (χ0v) is 9.68. The second kappa shape index (κ2) is 7.80. The van der Waals surface area contributed by atoms with E-state index in [4.69, 9.17) is 5.73 Å². The van der Waals surface area contributed by atoms with Crippen molar-refractivity contribution in [3.8, 4) is 0 Å². The van der Waals surface area contributed by atoms with E-state index < -0.39 is 0 Å². The highest BCUT2D eigenvalue weighted by Gasteiger charge is 2.15. The van der Waals surface area contributed by atoms with Gasteiger partial charge in [0, 0.05) is 18.5 Å². The number of carbonyl (C=O) groups excluding carboxylic acids is 1. The Morgan fingerprint density at radius 3 is 2.43 bits per heavy atom. The number of nitrogens with two attached hydrogens (primary N) is 1. The van der Waals surface area contributed by atoms with E-state index in [1.165, 1.54) is 19.3 Å². The van der Waals surface area contributed by atoms with Gasteiger partial charge in [-0.2, -0.15) is 0 Å². The summed E-state index contributed by atoms with van der Waals surface area (Å²) in [6.07, 6.45) is 4.75. The van der Waals surface area contributed by atoms with Gasteiger partial charge >= 0.3 is 0 Å². The number of hydrogen-bond acceptors (Lipinski definition) is 2. The summed E-state index contributed by atoms with van der Waals surface area (Å²) < 4.78 is 0. The molecule has 1 amide bonds. The van der Waals surface area contributed by atoms with Gasteiger partial charge in [-0.25, -0.2) is 0 Å². The van der Waals surface area contributed by atoms with Crippen LogP contribution in [-0.2, 0) is 4.79 Å². The zero-order valence-electron chi connectivity index (χ0n) is 9.68. The molecule has 0 bridgehead atoms. The van der Waals surface area contributed by atoms with Crippen LogP contribution in [0.5, 0.6) is 0 Å². The monoisotopic (exact) mass is 200 g/mol. The van der Waals surface area contributed by atoms with Gasteiger partial charge in [-0.3, -0.25) is 4.79 Å². The largest absolute Gasteiger partial charge is 0.356 e. The van der Waals surface area contributed by atoms with Gasteiger partial charge < -0.3 is 11.1 Å². The maximum atomic E-state index is 11.4. The number of nitrogens with one attached hydrogen (secondary N) is 1. The molecule has 0 aliphatic heterocycles. The van der Waals surface area contributed by atoms with Crippen molar-refractivity contribution < 1.29 is 4.79 Å². The first kappa shape index (κ1) is 13.4. The van der Waals surface area contributed by atoms with Gasteiger partial charge in [0.15, 0.2) is 0 Å². The summed E-state index contributed by atoms with van der Waals surface area (Å²) in [5, 5.41) is 2.90. The second-order valence-corrected chi connectivity index (χ2v) is 4.00. The predicted octanol–water partition coefficient (Wildman–Crippen LogP) is 1.67. The van der Waals surface area contributed by atoms with Gasteiger partial charge in [-0.05, 0) is 13.3 Å². The summed E-state index contributed by atoms with van der Waals surface area (Å²) in [6, 6.07) is -0.0642. The van der Waals surface area contributed by atoms with Crippen molar-refractivity contribution in [2.45, 2.75) is 52.5 Å². The zero-order chi connectivity index (χ0) is 11.0. The molecule has 2 atom stereocenters. The van der Waals surface area contributed by atoms with Crippen molar-refractivity contribution in [3.05, 3.63) is 0 Å². The van der Waals surface area contributed by atoms with E-state index >= 15 is 0 Å². The van der Waals surface area contributed by atoms with Crippen molar-refractivity contribution in [1.82, 2.24) is 5.32 Å². The highest BCUT2D eigenvalue weighted by Crippen LogP contribution is 2.00. The maximum absolute atomic E-state index is 11.4. The third kappa shape index (κ3) is 5.97. The molecule has 0 heterocycles. The number of hydrogen-bond donors (Lipinski definition) is 2. The van der Waals surface area contributed by atoms with Crippen molar-refractivity contribution in [2.24, 2.45) is 11.7 Å². The van der Waals surface area contributed by atoms with Crippen LogP contribution in [0.4, 0.5) is 0 Å². The topological polar surface area (TPSA) is 55.1 Å². The molecule has 0 spiro atoms. The minimum absolute atomic E-state index is 0.0642. The molecule has 0 aromatic carbocycles. The van der Waals surface area contributed by atoms with E-state index in [-0.39, 0.29) is 17.9 Å². The molecule has 14 heavy (non-hydrogen) atoms. The summed E-state index contributed by atoms with van der Waals surface area (Å²) in [5.74, 6) is -0.00215. The first-order valence-electron chi connectivity index (χ1n) is 5.62. The lowest BCUT2D eigenvalue weighted by atomic mass is 10.0. The van der Waals surface area contributed by atoms with Crippen LogP contribution in [0.2, 0.25) is 0 Å². The summed E-state index contributed by atoms with van der Waals surface area (Å²) in [5.41, 5.74) is 5.63. The quantitative estimate of drug-likeness (QED) is 0.614. The molecule has 0 aliphatic rings. The highest BCUT2D eigenvalue weighted by atomic mass is 16.1. The molecule has 0 saturated carbocycles. The van der Waals surface area contributed by atoms with Gasteiger partial charge in [-0.1, -0.05) is 33.1 Å². The average molecular weight is 200 g/mol. The average Bonchev–Trinajstić information content (AvgIpc) is 2.16. The van der Waals surface area contributed by atoms with Crippen LogP contribution in [0, 0.1) is 5.92 Å². The SMILES string of the molecule is CCCCCCNC(=O)C(C)C(C)N. The summed E-state index contributed by atoms with van der Waals surface area (Å²) in [6.45, 7) is 6.69. The minimum atomic E-state index is -0.0822. The van der Waals surface area contributed by atoms with Gasteiger partial charge in [-0.15, -0.1) is 0 Å². The van der Waals surface area contributed by atoms with E-state index in [9.17, 15) is 4.79 Å². The number of carbonyl (C=O) groups is 1. The van der Waals surface area contributed by atoms with Gasteiger partial charge in [0.25, 0.3) is 0 Å². The van der Waals surface area contributed by atoms with Crippen LogP contribution in [0.15, 0.2) is 0 Å². The van der Waals surface area contributed by atoms with Crippen LogP contribution in [-0.4, -0.2) is 18.5 Å². The van der Waals surface area contributed by atoms with Crippen molar-refractivity contribution in [3.63, 3.8) is 0 Å². The van der Waals surface area contributed by atoms with E-state index in [2.05, 4.69) is 12.2 Å². The number of amides is 1. The summed E-state index contributed by atoms with van der Waals surface area (Å²) in [4.78, 5) is 11.4. The molecule has 3 heteroatoms. The minimum Gasteiger partial charge on any atom is -0.356 e. The Hall–Kier alpha value is -0.570. The molecular formula is C11H24N2O. The Morgan fingerprint density at radius 1 is 1.29 bits per heavy atom. The summed E-state index contributed by atoms with van der Waals surface area (Å²) in [7, 11) is 0. The van der Waals surface area contributed by atoms with Crippen molar-refractivity contribution in [1.29, 1.82) is 0 Å². The first-order chi connectivity index (χ1) is 6.59. The van der Waals surface area contributed by atoms with Crippen molar-refractivity contribution in [2.75, 3.05) is 6.54 Å². The third-order valence-corrected chi connectivity index (χ3v) is 2.53. The fourth-order valence-electron chi connectivity index (χ4n) is 1.16. The van der Waals surface area contributed by atoms with E-state index in [1.807, 2.05) is 13.8 Å². The smallest absolute Gasteiger partial charge is 0.224 e. The molecule has 0 fully saturated rings. The van der Waals surface area contributed by atoms with Gasteiger partial charge in [0.1, 0.15) is 0 Å². The standard InChI is InChI=1S/C11H24N2O/c1-4-5-6-7-8-13-11(14)9(2)10(3)12/h9-10H,4-8,12H2,1-3H3,(H,13,14). The molecule has 0 saturated heterocycles. The predicted molar refractivity (Wildman–Crippen MR) is 60.0 cm³/mol. The molecule has 0 aromatic heterocycles. The Labute approximate surface area is 87.4 Å². The Balaban J connectivity index is 3.44. The fourth-order valence-corrected chi connectivity index (χ4v) is 1.16. The Bertz CT molecular complexity index is 157. The van der Waals surface area contributed by atoms with E-state index in [1.54, 1.807) is 0 Å². The molecule has 3 nitrogen and oxygen atoms in total. The number of rotatable bonds is 7. The maximum Gasteiger partial charge on any atom is 0.224 e. The molecule has 2 unspecified atom stereocenters. The first-order valence-corrected chi connectivity index (χ1v) is 5.62. The Morgan fingerprint density at radius 2 is 1.93 bits per heavy atom. The van der Waals surface area contributed by atoms with Gasteiger partial charge in [0.05, 0.1) is 0 Å². The van der Waals surface area contributed by atoms with Crippen molar-refractivity contribution >= 4 is 5.91 Å². The molecule has 0 rings (SSSR count). The fraction of sp³-hybridized carbons (Fsp3) is 0.909. The van der Waals surface area contributed by atoms with E-state index in [0.717, 1.165) is 13.0 Å². The van der Waals surface area contributed by atoms with Crippen LogP contribution in [0.3, 0.4) is 0 Å².